The molecule has 0 unspecified atom stereocenters. The number of rotatable bonds is 2. The lowest BCUT2D eigenvalue weighted by Gasteiger charge is -2.16. The van der Waals surface area contributed by atoms with Gasteiger partial charge in [-0.15, -0.1) is 0 Å². The number of fused-ring (bicyclic) bond motifs is 1. The zero-order chi connectivity index (χ0) is 14.4. The van der Waals surface area contributed by atoms with Crippen molar-refractivity contribution >= 4 is 5.82 Å². The van der Waals surface area contributed by atoms with Crippen LogP contribution in [0.15, 0.2) is 0 Å². The molecule has 0 fully saturated rings. The maximum Gasteiger partial charge on any atom is 0.135 e. The van der Waals surface area contributed by atoms with Gasteiger partial charge in [-0.05, 0) is 5.92 Å². The van der Waals surface area contributed by atoms with E-state index in [2.05, 4.69) is 38.0 Å². The fraction of sp³-hybridized carbons (Fsp3) is 0.733. The van der Waals surface area contributed by atoms with Crippen molar-refractivity contribution in [2.45, 2.75) is 60.0 Å². The first kappa shape index (κ1) is 15.9. The Balaban J connectivity index is 0.000000861. The monoisotopic (exact) mass is 265 g/mol. The molecule has 0 spiro atoms. The van der Waals surface area contributed by atoms with Gasteiger partial charge >= 0.3 is 0 Å². The predicted octanol–water partition coefficient (Wildman–Crippen LogP) is 3.69. The second-order valence-electron chi connectivity index (χ2n) is 5.08. The van der Waals surface area contributed by atoms with E-state index in [0.717, 1.165) is 36.1 Å². The van der Waals surface area contributed by atoms with Crippen LogP contribution in [0.5, 0.6) is 0 Å². The summed E-state index contributed by atoms with van der Waals surface area (Å²) in [5, 5.41) is 3.34. The van der Waals surface area contributed by atoms with Crippen molar-refractivity contribution in [1.82, 2.24) is 9.97 Å². The van der Waals surface area contributed by atoms with Crippen molar-refractivity contribution in [3.05, 3.63) is 17.1 Å². The minimum Gasteiger partial charge on any atom is -0.375 e. The topological polar surface area (TPSA) is 47.0 Å². The molecule has 4 nitrogen and oxygen atoms in total. The van der Waals surface area contributed by atoms with E-state index in [1.165, 1.54) is 0 Å². The van der Waals surface area contributed by atoms with E-state index >= 15 is 0 Å². The van der Waals surface area contributed by atoms with Gasteiger partial charge in [0.25, 0.3) is 0 Å². The Labute approximate surface area is 117 Å². The number of hydrogen-bond acceptors (Lipinski definition) is 4. The van der Waals surface area contributed by atoms with Crippen LogP contribution < -0.4 is 5.32 Å². The lowest BCUT2D eigenvalue weighted by molar-refractivity contribution is 0.133. The van der Waals surface area contributed by atoms with Crippen LogP contribution in [0.3, 0.4) is 0 Å². The molecule has 0 saturated carbocycles. The van der Waals surface area contributed by atoms with Gasteiger partial charge in [-0.2, -0.15) is 0 Å². The average molecular weight is 265 g/mol. The first-order chi connectivity index (χ1) is 9.09. The molecule has 0 bridgehead atoms. The fourth-order valence-electron chi connectivity index (χ4n) is 1.96. The highest BCUT2D eigenvalue weighted by Crippen LogP contribution is 2.27. The third-order valence-corrected chi connectivity index (χ3v) is 2.90. The normalized spacial score (nSPS) is 14.3. The van der Waals surface area contributed by atoms with Crippen molar-refractivity contribution in [2.75, 3.05) is 18.5 Å². The average Bonchev–Trinajstić information content (AvgIpc) is 2.64. The summed E-state index contributed by atoms with van der Waals surface area (Å²) >= 11 is 0. The van der Waals surface area contributed by atoms with Gasteiger partial charge < -0.3 is 10.1 Å². The van der Waals surface area contributed by atoms with Gasteiger partial charge in [0.2, 0.25) is 0 Å². The van der Waals surface area contributed by atoms with Crippen molar-refractivity contribution in [2.24, 2.45) is 0 Å². The maximum absolute atomic E-state index is 5.57. The summed E-state index contributed by atoms with van der Waals surface area (Å²) in [5.74, 6) is 2.63. The fourth-order valence-corrected chi connectivity index (χ4v) is 1.96. The van der Waals surface area contributed by atoms with Gasteiger partial charge in [0.15, 0.2) is 0 Å². The van der Waals surface area contributed by atoms with Gasteiger partial charge in [-0.3, -0.25) is 0 Å². The largest absolute Gasteiger partial charge is 0.375 e. The van der Waals surface area contributed by atoms with Crippen LogP contribution >= 0.6 is 0 Å². The number of anilines is 1. The SMILES string of the molecule is CC.CC(C)c1nc2c(c(C(C)C)n1)COCCN2. The van der Waals surface area contributed by atoms with Gasteiger partial charge in [0.05, 0.1) is 18.9 Å². The predicted molar refractivity (Wildman–Crippen MR) is 79.7 cm³/mol. The minimum absolute atomic E-state index is 0.351. The molecule has 0 atom stereocenters. The molecule has 0 saturated heterocycles. The minimum atomic E-state index is 0.351. The summed E-state index contributed by atoms with van der Waals surface area (Å²) in [6.45, 7) is 14.7. The maximum atomic E-state index is 5.57. The summed E-state index contributed by atoms with van der Waals surface area (Å²) in [4.78, 5) is 9.31. The molecule has 1 N–H and O–H groups in total. The highest BCUT2D eigenvalue weighted by molar-refractivity contribution is 5.48. The Morgan fingerprint density at radius 1 is 1.05 bits per heavy atom. The molecule has 2 rings (SSSR count). The zero-order valence-corrected chi connectivity index (χ0v) is 13.1. The van der Waals surface area contributed by atoms with E-state index in [1.54, 1.807) is 0 Å². The van der Waals surface area contributed by atoms with Crippen molar-refractivity contribution < 1.29 is 4.74 Å². The lowest BCUT2D eigenvalue weighted by atomic mass is 10.0. The molecule has 4 heteroatoms. The molecule has 1 aromatic heterocycles. The molecule has 108 valence electrons. The molecule has 19 heavy (non-hydrogen) atoms. The highest BCUT2D eigenvalue weighted by atomic mass is 16.5. The summed E-state index contributed by atoms with van der Waals surface area (Å²) in [6.07, 6.45) is 0. The third-order valence-electron chi connectivity index (χ3n) is 2.90. The van der Waals surface area contributed by atoms with E-state index in [0.29, 0.717) is 18.4 Å². The number of hydrogen-bond donors (Lipinski definition) is 1. The highest BCUT2D eigenvalue weighted by Gasteiger charge is 2.19. The van der Waals surface area contributed by atoms with Crippen molar-refractivity contribution in [3.8, 4) is 0 Å². The van der Waals surface area contributed by atoms with Crippen molar-refractivity contribution in [3.63, 3.8) is 0 Å². The Kier molecular flexibility index (Phi) is 6.22. The summed E-state index contributed by atoms with van der Waals surface area (Å²) in [7, 11) is 0. The zero-order valence-electron chi connectivity index (χ0n) is 13.1. The van der Waals surface area contributed by atoms with Crippen LogP contribution in [-0.4, -0.2) is 23.1 Å². The van der Waals surface area contributed by atoms with Gasteiger partial charge in [0, 0.05) is 18.0 Å². The second-order valence-corrected chi connectivity index (χ2v) is 5.08. The van der Waals surface area contributed by atoms with Gasteiger partial charge in [0.1, 0.15) is 11.6 Å². The quantitative estimate of drug-likeness (QED) is 0.886. The Morgan fingerprint density at radius 3 is 2.32 bits per heavy atom. The van der Waals surface area contributed by atoms with E-state index in [1.807, 2.05) is 13.8 Å². The second kappa shape index (κ2) is 7.43. The Hall–Kier alpha value is -1.16. The summed E-state index contributed by atoms with van der Waals surface area (Å²) in [6, 6.07) is 0. The van der Waals surface area contributed by atoms with Gasteiger partial charge in [-0.1, -0.05) is 41.5 Å². The molecule has 0 amide bonds. The molecule has 1 aromatic rings. The summed E-state index contributed by atoms with van der Waals surface area (Å²) in [5.41, 5.74) is 2.25. The molecule has 0 aromatic carbocycles. The van der Waals surface area contributed by atoms with E-state index in [-0.39, 0.29) is 0 Å². The molecule has 1 aliphatic heterocycles. The number of ether oxygens (including phenoxy) is 1. The molecular weight excluding hydrogens is 238 g/mol. The first-order valence-corrected chi connectivity index (χ1v) is 7.32. The van der Waals surface area contributed by atoms with Crippen LogP contribution in [0.25, 0.3) is 0 Å². The lowest BCUT2D eigenvalue weighted by Crippen LogP contribution is -2.12. The molecular formula is C15H27N3O. The Morgan fingerprint density at radius 2 is 1.74 bits per heavy atom. The van der Waals surface area contributed by atoms with Crippen LogP contribution in [0.4, 0.5) is 5.82 Å². The van der Waals surface area contributed by atoms with Gasteiger partial charge in [-0.25, -0.2) is 9.97 Å². The smallest absolute Gasteiger partial charge is 0.135 e. The summed E-state index contributed by atoms with van der Waals surface area (Å²) < 4.78 is 5.57. The van der Waals surface area contributed by atoms with E-state index in [4.69, 9.17) is 9.72 Å². The molecule has 1 aliphatic rings. The van der Waals surface area contributed by atoms with E-state index < -0.39 is 0 Å². The molecule has 0 aliphatic carbocycles. The molecule has 0 radical (unpaired) electrons. The third kappa shape index (κ3) is 3.90. The number of aromatic nitrogens is 2. The van der Waals surface area contributed by atoms with E-state index in [9.17, 15) is 0 Å². The number of nitrogens with zero attached hydrogens (tertiary/aromatic N) is 2. The first-order valence-electron chi connectivity index (χ1n) is 7.32. The molecule has 2 heterocycles. The standard InChI is InChI=1S/C13H21N3O.C2H6/c1-8(2)11-10-7-17-6-5-14-13(10)16-12(15-11)9(3)4;1-2/h8-9H,5-7H2,1-4H3,(H,14,15,16);1-2H3. The van der Waals surface area contributed by atoms with Crippen LogP contribution in [0, 0.1) is 0 Å². The van der Waals surface area contributed by atoms with Crippen molar-refractivity contribution in [1.29, 1.82) is 0 Å². The van der Waals surface area contributed by atoms with Crippen LogP contribution in [0.1, 0.15) is 70.5 Å². The number of nitrogens with one attached hydrogen (secondary N) is 1. The van der Waals surface area contributed by atoms with Crippen LogP contribution in [0.2, 0.25) is 0 Å². The Bertz CT molecular complexity index is 403. The van der Waals surface area contributed by atoms with Crippen LogP contribution in [-0.2, 0) is 11.3 Å².